The van der Waals surface area contributed by atoms with E-state index in [0.29, 0.717) is 36.4 Å². The minimum absolute atomic E-state index is 0.472. The summed E-state index contributed by atoms with van der Waals surface area (Å²) in [6.45, 7) is 1.94. The summed E-state index contributed by atoms with van der Waals surface area (Å²) in [7, 11) is 3.23. The Kier molecular flexibility index (Phi) is 7.91. The van der Waals surface area contributed by atoms with Gasteiger partial charge in [-0.3, -0.25) is 4.99 Å². The van der Waals surface area contributed by atoms with E-state index in [2.05, 4.69) is 27.8 Å². The lowest BCUT2D eigenvalue weighted by molar-refractivity contribution is 0.307. The van der Waals surface area contributed by atoms with Crippen molar-refractivity contribution in [1.29, 1.82) is 0 Å². The molecule has 0 spiro atoms. The zero-order valence-electron chi connectivity index (χ0n) is 14.7. The number of rotatable bonds is 10. The van der Waals surface area contributed by atoms with Crippen LogP contribution in [0.4, 0.5) is 0 Å². The number of benzene rings is 1. The van der Waals surface area contributed by atoms with E-state index in [1.165, 1.54) is 4.88 Å². The normalized spacial score (nSPS) is 11.2. The molecule has 0 aliphatic rings. The largest absolute Gasteiger partial charge is 0.496 e. The summed E-state index contributed by atoms with van der Waals surface area (Å²) in [5.74, 6) is 2.58. The molecule has 0 saturated carbocycles. The van der Waals surface area contributed by atoms with Crippen LogP contribution >= 0.6 is 11.3 Å². The third-order valence-corrected chi connectivity index (χ3v) is 4.37. The third-order valence-electron chi connectivity index (χ3n) is 3.44. The van der Waals surface area contributed by atoms with Crippen molar-refractivity contribution in [2.24, 2.45) is 10.7 Å². The zero-order chi connectivity index (χ0) is 17.9. The average Bonchev–Trinajstić information content (AvgIpc) is 3.14. The smallest absolute Gasteiger partial charge is 0.188 e. The molecule has 0 aliphatic carbocycles. The fourth-order valence-corrected chi connectivity index (χ4v) is 2.85. The van der Waals surface area contributed by atoms with Gasteiger partial charge in [-0.1, -0.05) is 6.07 Å². The number of thiophene rings is 1. The van der Waals surface area contributed by atoms with Gasteiger partial charge in [0.15, 0.2) is 5.96 Å². The number of hydrogen-bond donors (Lipinski definition) is 2. The van der Waals surface area contributed by atoms with Crippen LogP contribution in [0.15, 0.2) is 40.7 Å². The van der Waals surface area contributed by atoms with Gasteiger partial charge in [0.2, 0.25) is 0 Å². The minimum atomic E-state index is 0.472. The molecular weight excluding hydrogens is 338 g/mol. The van der Waals surface area contributed by atoms with Gasteiger partial charge in [0.25, 0.3) is 0 Å². The molecule has 25 heavy (non-hydrogen) atoms. The van der Waals surface area contributed by atoms with E-state index in [4.69, 9.17) is 19.9 Å². The minimum Gasteiger partial charge on any atom is -0.496 e. The first-order valence-electron chi connectivity index (χ1n) is 8.13. The molecule has 0 radical (unpaired) electrons. The number of aliphatic imine (C=N–C) groups is 1. The summed E-state index contributed by atoms with van der Waals surface area (Å²) in [5, 5.41) is 5.19. The maximum atomic E-state index is 5.85. The quantitative estimate of drug-likeness (QED) is 0.385. The Hall–Kier alpha value is -2.41. The molecule has 0 atom stereocenters. The zero-order valence-corrected chi connectivity index (χ0v) is 15.5. The lowest BCUT2D eigenvalue weighted by Crippen LogP contribution is -2.33. The fourth-order valence-electron chi connectivity index (χ4n) is 2.14. The SMILES string of the molecule is COc1cc(OC)cc(OCCCN=C(N)NCCc2cccs2)c1. The first kappa shape index (κ1) is 18.9. The second-order valence-corrected chi connectivity index (χ2v) is 6.31. The van der Waals surface area contributed by atoms with Gasteiger partial charge in [-0.2, -0.15) is 0 Å². The van der Waals surface area contributed by atoms with Crippen molar-refractivity contribution in [1.82, 2.24) is 5.32 Å². The molecule has 0 unspecified atom stereocenters. The molecule has 0 fully saturated rings. The Bertz CT molecular complexity index is 637. The number of guanidine groups is 1. The molecule has 1 aromatic carbocycles. The highest BCUT2D eigenvalue weighted by atomic mass is 32.1. The van der Waals surface area contributed by atoms with Crippen molar-refractivity contribution in [2.45, 2.75) is 12.8 Å². The number of nitrogens with one attached hydrogen (secondary N) is 1. The van der Waals surface area contributed by atoms with Crippen molar-refractivity contribution in [3.63, 3.8) is 0 Å². The Labute approximate surface area is 152 Å². The van der Waals surface area contributed by atoms with Gasteiger partial charge in [-0.15, -0.1) is 11.3 Å². The molecule has 1 aromatic heterocycles. The Balaban J connectivity index is 1.65. The van der Waals surface area contributed by atoms with Gasteiger partial charge in [0, 0.05) is 42.6 Å². The summed E-state index contributed by atoms with van der Waals surface area (Å²) >= 11 is 1.75. The van der Waals surface area contributed by atoms with E-state index in [0.717, 1.165) is 19.4 Å². The van der Waals surface area contributed by atoms with Crippen LogP contribution in [0.5, 0.6) is 17.2 Å². The molecule has 3 N–H and O–H groups in total. The first-order valence-corrected chi connectivity index (χ1v) is 9.01. The molecule has 2 rings (SSSR count). The van der Waals surface area contributed by atoms with Crippen LogP contribution in [0, 0.1) is 0 Å². The number of nitrogens with two attached hydrogens (primary N) is 1. The van der Waals surface area contributed by atoms with E-state index in [-0.39, 0.29) is 0 Å². The van der Waals surface area contributed by atoms with Crippen LogP contribution in [-0.4, -0.2) is 39.9 Å². The van der Waals surface area contributed by atoms with Gasteiger partial charge in [0.1, 0.15) is 17.2 Å². The van der Waals surface area contributed by atoms with E-state index < -0.39 is 0 Å². The average molecular weight is 363 g/mol. The molecule has 2 aromatic rings. The summed E-state index contributed by atoms with van der Waals surface area (Å²) in [4.78, 5) is 5.63. The summed E-state index contributed by atoms with van der Waals surface area (Å²) in [5.41, 5.74) is 5.85. The highest BCUT2D eigenvalue weighted by Crippen LogP contribution is 2.27. The standard InChI is InChI=1S/C18H25N3O3S/c1-22-14-11-15(23-2)13-16(12-14)24-9-4-7-20-18(19)21-8-6-17-5-3-10-25-17/h3,5,10-13H,4,6-9H2,1-2H3,(H3,19,20,21). The van der Waals surface area contributed by atoms with E-state index in [1.807, 2.05) is 12.1 Å². The van der Waals surface area contributed by atoms with Crippen LogP contribution in [0.1, 0.15) is 11.3 Å². The van der Waals surface area contributed by atoms with Crippen molar-refractivity contribution >= 4 is 17.3 Å². The predicted octanol–water partition coefficient (Wildman–Crippen LogP) is 2.68. The molecule has 1 heterocycles. The molecule has 7 heteroatoms. The topological polar surface area (TPSA) is 78.1 Å². The lowest BCUT2D eigenvalue weighted by Gasteiger charge is -2.10. The highest BCUT2D eigenvalue weighted by molar-refractivity contribution is 7.09. The Morgan fingerprint density at radius 3 is 2.52 bits per heavy atom. The van der Waals surface area contributed by atoms with Gasteiger partial charge in [0.05, 0.1) is 20.8 Å². The fraction of sp³-hybridized carbons (Fsp3) is 0.389. The van der Waals surface area contributed by atoms with Crippen LogP contribution < -0.4 is 25.3 Å². The van der Waals surface area contributed by atoms with Crippen molar-refractivity contribution < 1.29 is 14.2 Å². The van der Waals surface area contributed by atoms with Crippen LogP contribution in [-0.2, 0) is 6.42 Å². The Morgan fingerprint density at radius 1 is 1.16 bits per heavy atom. The van der Waals surface area contributed by atoms with Crippen molar-refractivity contribution in [2.75, 3.05) is 33.9 Å². The molecule has 0 bridgehead atoms. The molecular formula is C18H25N3O3S. The highest BCUT2D eigenvalue weighted by Gasteiger charge is 2.02. The van der Waals surface area contributed by atoms with Crippen LogP contribution in [0.2, 0.25) is 0 Å². The van der Waals surface area contributed by atoms with Gasteiger partial charge >= 0.3 is 0 Å². The Morgan fingerprint density at radius 2 is 1.88 bits per heavy atom. The maximum Gasteiger partial charge on any atom is 0.188 e. The third kappa shape index (κ3) is 6.93. The first-order chi connectivity index (χ1) is 12.2. The number of methoxy groups -OCH3 is 2. The summed E-state index contributed by atoms with van der Waals surface area (Å²) < 4.78 is 16.1. The molecule has 0 saturated heterocycles. The molecule has 0 amide bonds. The number of ether oxygens (including phenoxy) is 3. The van der Waals surface area contributed by atoms with Crippen molar-refractivity contribution in [3.8, 4) is 17.2 Å². The maximum absolute atomic E-state index is 5.85. The summed E-state index contributed by atoms with van der Waals surface area (Å²) in [6, 6.07) is 9.62. The molecule has 0 aliphatic heterocycles. The van der Waals surface area contributed by atoms with Gasteiger partial charge in [-0.05, 0) is 17.9 Å². The molecule has 6 nitrogen and oxygen atoms in total. The van der Waals surface area contributed by atoms with Crippen LogP contribution in [0.3, 0.4) is 0 Å². The van der Waals surface area contributed by atoms with Crippen molar-refractivity contribution in [3.05, 3.63) is 40.6 Å². The van der Waals surface area contributed by atoms with E-state index >= 15 is 0 Å². The second-order valence-electron chi connectivity index (χ2n) is 5.27. The lowest BCUT2D eigenvalue weighted by atomic mass is 10.3. The van der Waals surface area contributed by atoms with E-state index in [9.17, 15) is 0 Å². The number of nitrogens with zero attached hydrogens (tertiary/aromatic N) is 1. The predicted molar refractivity (Wildman–Crippen MR) is 102 cm³/mol. The molecule has 136 valence electrons. The summed E-state index contributed by atoms with van der Waals surface area (Å²) in [6.07, 6.45) is 1.72. The second kappa shape index (κ2) is 10.5. The van der Waals surface area contributed by atoms with Gasteiger partial charge in [-0.25, -0.2) is 0 Å². The number of hydrogen-bond acceptors (Lipinski definition) is 5. The van der Waals surface area contributed by atoms with E-state index in [1.54, 1.807) is 31.6 Å². The van der Waals surface area contributed by atoms with Gasteiger partial charge < -0.3 is 25.3 Å². The monoisotopic (exact) mass is 363 g/mol. The van der Waals surface area contributed by atoms with Crippen LogP contribution in [0.25, 0.3) is 0 Å².